The highest BCUT2D eigenvalue weighted by atomic mass is 35.5. The number of carbonyl (C=O) groups excluding carboxylic acids is 2. The van der Waals surface area contributed by atoms with Crippen LogP contribution < -0.4 is 16.7 Å². The zero-order valence-corrected chi connectivity index (χ0v) is 21.7. The van der Waals surface area contributed by atoms with Crippen LogP contribution in [0.5, 0.6) is 0 Å². The molecule has 2 atom stereocenters. The Balaban J connectivity index is 1.98. The molecule has 222 valence electrons. The molecule has 0 radical (unpaired) electrons. The van der Waals surface area contributed by atoms with Gasteiger partial charge in [0, 0.05) is 10.6 Å². The lowest BCUT2D eigenvalue weighted by atomic mass is 9.91. The van der Waals surface area contributed by atoms with Crippen molar-refractivity contribution in [3.63, 3.8) is 0 Å². The number of benzene rings is 2. The van der Waals surface area contributed by atoms with Gasteiger partial charge in [-0.2, -0.15) is 26.3 Å². The molecule has 41 heavy (non-hydrogen) atoms. The van der Waals surface area contributed by atoms with Crippen LogP contribution in [0.1, 0.15) is 18.1 Å². The number of nitrogens with one attached hydrogen (secondary N) is 1. The van der Waals surface area contributed by atoms with Crippen LogP contribution in [0.3, 0.4) is 0 Å². The Labute approximate surface area is 232 Å². The number of hydrogen-bond donors (Lipinski definition) is 3. The highest BCUT2D eigenvalue weighted by molar-refractivity contribution is 6.30. The Bertz CT molecular complexity index is 1470. The first-order valence-corrected chi connectivity index (χ1v) is 11.9. The summed E-state index contributed by atoms with van der Waals surface area (Å²) in [6.07, 6.45) is -14.1. The minimum Gasteiger partial charge on any atom is -0.447 e. The summed E-state index contributed by atoms with van der Waals surface area (Å²) in [5.41, 5.74) is 0.894. The first-order valence-electron chi connectivity index (χ1n) is 11.5. The highest BCUT2D eigenvalue weighted by Gasteiger charge is 2.40. The van der Waals surface area contributed by atoms with Crippen molar-refractivity contribution in [2.75, 3.05) is 6.61 Å². The minimum absolute atomic E-state index is 0.128. The molecule has 10 nitrogen and oxygen atoms in total. The standard InChI is InChI=1S/C24H22ClF6N5O5/c1-22(12-41-20(32)39,14-3-2-4-15(9-14)23(26,27)28)33-18(38)11-36-21(40)35(10-17(37)24(29,30)31)19(34-36)13-5-7-16(25)8-6-13/h2-9,17,37H,10-12H2,1H3,(H2,32,39)(H,33,38)/t17-,22-/m0/s1. The van der Waals surface area contributed by atoms with Crippen LogP contribution in [0.2, 0.25) is 5.02 Å². The van der Waals surface area contributed by atoms with E-state index in [9.17, 15) is 45.8 Å². The van der Waals surface area contributed by atoms with Gasteiger partial charge in [0.1, 0.15) is 13.2 Å². The van der Waals surface area contributed by atoms with E-state index in [0.29, 0.717) is 15.3 Å². The molecule has 3 rings (SSSR count). The molecule has 0 saturated carbocycles. The molecule has 3 aromatic rings. The van der Waals surface area contributed by atoms with Crippen molar-refractivity contribution in [1.29, 1.82) is 0 Å². The third kappa shape index (κ3) is 7.79. The largest absolute Gasteiger partial charge is 0.447 e. The molecular formula is C24H22ClF6N5O5. The zero-order valence-electron chi connectivity index (χ0n) is 21.0. The third-order valence-electron chi connectivity index (χ3n) is 5.80. The lowest BCUT2D eigenvalue weighted by Gasteiger charge is -2.31. The molecule has 0 aliphatic rings. The highest BCUT2D eigenvalue weighted by Crippen LogP contribution is 2.32. The number of ether oxygens (including phenoxy) is 1. The van der Waals surface area contributed by atoms with Crippen LogP contribution in [0.4, 0.5) is 31.1 Å². The second kappa shape index (κ2) is 11.8. The van der Waals surface area contributed by atoms with Gasteiger partial charge in [-0.05, 0) is 48.9 Å². The Morgan fingerprint density at radius 1 is 1.10 bits per heavy atom. The van der Waals surface area contributed by atoms with Crippen molar-refractivity contribution >= 4 is 23.6 Å². The topological polar surface area (TPSA) is 141 Å². The number of aliphatic hydroxyl groups excluding tert-OH is 1. The van der Waals surface area contributed by atoms with Crippen molar-refractivity contribution in [1.82, 2.24) is 19.7 Å². The minimum atomic E-state index is -5.08. The Morgan fingerprint density at radius 3 is 2.27 bits per heavy atom. The normalized spacial score (nSPS) is 14.3. The van der Waals surface area contributed by atoms with E-state index < -0.39 is 66.9 Å². The zero-order chi connectivity index (χ0) is 30.8. The van der Waals surface area contributed by atoms with Gasteiger partial charge in [-0.1, -0.05) is 23.7 Å². The van der Waals surface area contributed by atoms with Gasteiger partial charge in [-0.15, -0.1) is 5.10 Å². The average molecular weight is 610 g/mol. The number of aliphatic hydroxyl groups is 1. The van der Waals surface area contributed by atoms with Crippen LogP contribution in [0.15, 0.2) is 53.3 Å². The van der Waals surface area contributed by atoms with Crippen LogP contribution in [-0.2, 0) is 34.3 Å². The molecule has 4 N–H and O–H groups in total. The van der Waals surface area contributed by atoms with Gasteiger partial charge in [0.15, 0.2) is 11.9 Å². The van der Waals surface area contributed by atoms with Crippen LogP contribution >= 0.6 is 11.6 Å². The summed E-state index contributed by atoms with van der Waals surface area (Å²) in [6.45, 7) is -1.66. The second-order valence-corrected chi connectivity index (χ2v) is 9.44. The Hall–Kier alpha value is -4.05. The molecule has 2 amide bonds. The van der Waals surface area contributed by atoms with Crippen molar-refractivity contribution in [3.05, 3.63) is 75.2 Å². The number of primary amides is 1. The number of carbonyl (C=O) groups is 2. The second-order valence-electron chi connectivity index (χ2n) is 9.01. The van der Waals surface area contributed by atoms with E-state index >= 15 is 0 Å². The van der Waals surface area contributed by atoms with E-state index in [4.69, 9.17) is 22.1 Å². The molecule has 17 heteroatoms. The van der Waals surface area contributed by atoms with Gasteiger partial charge < -0.3 is 20.9 Å². The quantitative estimate of drug-likeness (QED) is 0.318. The van der Waals surface area contributed by atoms with Crippen molar-refractivity contribution in [2.45, 2.75) is 44.0 Å². The summed E-state index contributed by atoms with van der Waals surface area (Å²) in [4.78, 5) is 37.2. The van der Waals surface area contributed by atoms with E-state index in [-0.39, 0.29) is 22.0 Å². The molecular weight excluding hydrogens is 588 g/mol. The van der Waals surface area contributed by atoms with Gasteiger partial charge in [0.2, 0.25) is 5.91 Å². The van der Waals surface area contributed by atoms with E-state index in [1.807, 2.05) is 0 Å². The number of rotatable bonds is 9. The number of hydrogen-bond acceptors (Lipinski definition) is 6. The molecule has 0 saturated heterocycles. The van der Waals surface area contributed by atoms with Gasteiger partial charge >= 0.3 is 24.1 Å². The summed E-state index contributed by atoms with van der Waals surface area (Å²) >= 11 is 5.84. The predicted molar refractivity (Wildman–Crippen MR) is 131 cm³/mol. The fourth-order valence-corrected chi connectivity index (χ4v) is 3.85. The lowest BCUT2D eigenvalue weighted by molar-refractivity contribution is -0.207. The molecule has 0 fully saturated rings. The summed E-state index contributed by atoms with van der Waals surface area (Å²) in [6, 6.07) is 9.20. The monoisotopic (exact) mass is 609 g/mol. The molecule has 0 aliphatic heterocycles. The number of nitrogens with two attached hydrogens (primary N) is 1. The number of amides is 2. The fourth-order valence-electron chi connectivity index (χ4n) is 3.73. The number of nitrogens with zero attached hydrogens (tertiary/aromatic N) is 3. The molecule has 1 heterocycles. The van der Waals surface area contributed by atoms with Gasteiger partial charge in [-0.3, -0.25) is 9.36 Å². The average Bonchev–Trinajstić information content (AvgIpc) is 3.16. The fraction of sp³-hybridized carbons (Fsp3) is 0.333. The first-order chi connectivity index (χ1) is 18.9. The van der Waals surface area contributed by atoms with Crippen molar-refractivity contribution < 1.29 is 45.8 Å². The van der Waals surface area contributed by atoms with Crippen LogP contribution in [-0.4, -0.2) is 50.3 Å². The number of aromatic nitrogens is 3. The smallest absolute Gasteiger partial charge is 0.416 e. The summed E-state index contributed by atoms with van der Waals surface area (Å²) in [7, 11) is 0. The lowest BCUT2D eigenvalue weighted by Crippen LogP contribution is -2.49. The van der Waals surface area contributed by atoms with E-state index in [1.165, 1.54) is 37.3 Å². The maximum atomic E-state index is 13.3. The summed E-state index contributed by atoms with van der Waals surface area (Å²) < 4.78 is 84.8. The molecule has 2 aromatic carbocycles. The van der Waals surface area contributed by atoms with Crippen LogP contribution in [0.25, 0.3) is 11.4 Å². The number of halogens is 7. The molecule has 0 unspecified atom stereocenters. The van der Waals surface area contributed by atoms with Gasteiger partial charge in [0.05, 0.1) is 17.6 Å². The van der Waals surface area contributed by atoms with E-state index in [2.05, 4.69) is 10.4 Å². The maximum Gasteiger partial charge on any atom is 0.416 e. The van der Waals surface area contributed by atoms with E-state index in [0.717, 1.165) is 12.1 Å². The molecule has 0 spiro atoms. The van der Waals surface area contributed by atoms with Crippen molar-refractivity contribution in [2.24, 2.45) is 5.73 Å². The maximum absolute atomic E-state index is 13.3. The third-order valence-corrected chi connectivity index (χ3v) is 6.05. The predicted octanol–water partition coefficient (Wildman–Crippen LogP) is 3.43. The Morgan fingerprint density at radius 2 is 1.71 bits per heavy atom. The number of alkyl halides is 6. The van der Waals surface area contributed by atoms with Gasteiger partial charge in [0.25, 0.3) is 0 Å². The molecule has 0 aliphatic carbocycles. The van der Waals surface area contributed by atoms with Crippen LogP contribution in [0, 0.1) is 0 Å². The SMILES string of the molecule is C[C@@](COC(N)=O)(NC(=O)Cn1nc(-c2ccc(Cl)cc2)n(C[C@H](O)C(F)(F)F)c1=O)c1cccc(C(F)(F)F)c1. The Kier molecular flexibility index (Phi) is 9.08. The molecule has 0 bridgehead atoms. The summed E-state index contributed by atoms with van der Waals surface area (Å²) in [5.74, 6) is -1.37. The van der Waals surface area contributed by atoms with Gasteiger partial charge in [-0.25, -0.2) is 14.3 Å². The summed E-state index contributed by atoms with van der Waals surface area (Å²) in [5, 5.41) is 16.2. The first kappa shape index (κ1) is 31.5. The van der Waals surface area contributed by atoms with E-state index in [1.54, 1.807) is 0 Å². The van der Waals surface area contributed by atoms with Crippen molar-refractivity contribution in [3.8, 4) is 11.4 Å². The molecule has 1 aromatic heterocycles.